The van der Waals surface area contributed by atoms with Gasteiger partial charge in [-0.05, 0) is 48.8 Å². The van der Waals surface area contributed by atoms with Gasteiger partial charge in [0.05, 0.1) is 0 Å². The lowest BCUT2D eigenvalue weighted by Gasteiger charge is -2.44. The Bertz CT molecular complexity index is 1020. The van der Waals surface area contributed by atoms with Crippen LogP contribution >= 0.6 is 11.8 Å². The molecule has 1 fully saturated rings. The van der Waals surface area contributed by atoms with Crippen LogP contribution in [0.4, 0.5) is 0 Å². The Hall–Kier alpha value is -2.40. The lowest BCUT2D eigenvalue weighted by Crippen LogP contribution is -2.51. The van der Waals surface area contributed by atoms with Gasteiger partial charge in [0, 0.05) is 29.3 Å². The number of hydrogen-bond acceptors (Lipinski definition) is 4. The summed E-state index contributed by atoms with van der Waals surface area (Å²) < 4.78 is -0.0780. The fourth-order valence-corrected chi connectivity index (χ4v) is 6.15. The van der Waals surface area contributed by atoms with Crippen LogP contribution in [0, 0.1) is 0 Å². The number of nitrogens with one attached hydrogen (secondary N) is 1. The number of hydrazine groups is 1. The van der Waals surface area contributed by atoms with Crippen LogP contribution < -0.4 is 5.43 Å². The quantitative estimate of drug-likeness (QED) is 0.323. The van der Waals surface area contributed by atoms with Gasteiger partial charge in [-0.2, -0.15) is 0 Å². The van der Waals surface area contributed by atoms with Crippen molar-refractivity contribution in [1.82, 2.24) is 10.4 Å². The summed E-state index contributed by atoms with van der Waals surface area (Å²) >= 11 is 1.47. The van der Waals surface area contributed by atoms with E-state index in [2.05, 4.69) is 122 Å². The van der Waals surface area contributed by atoms with Crippen LogP contribution in [-0.4, -0.2) is 20.9 Å². The van der Waals surface area contributed by atoms with Gasteiger partial charge in [-0.25, -0.2) is 5.01 Å². The highest BCUT2D eigenvalue weighted by Crippen LogP contribution is 2.40. The minimum absolute atomic E-state index is 0.0723. The topological polar surface area (TPSA) is 32.3 Å². The molecule has 0 unspecified atom stereocenters. The first-order valence-electron chi connectivity index (χ1n) is 13.3. The zero-order chi connectivity index (χ0) is 25.4. The molecular weight excluding hydrogens is 460 g/mol. The molecule has 3 atom stereocenters. The van der Waals surface area contributed by atoms with E-state index in [9.17, 15) is 4.79 Å². The fourth-order valence-electron chi connectivity index (χ4n) is 5.18. The average Bonchev–Trinajstić information content (AvgIpc) is 2.88. The fraction of sp³-hybridized carbons (Fsp3) is 0.406. The van der Waals surface area contributed by atoms with Gasteiger partial charge in [0.2, 0.25) is 0 Å². The second kappa shape index (κ2) is 12.7. The zero-order valence-electron chi connectivity index (χ0n) is 21.9. The van der Waals surface area contributed by atoms with Gasteiger partial charge in [0.15, 0.2) is 5.12 Å². The third-order valence-corrected chi connectivity index (χ3v) is 7.79. The van der Waals surface area contributed by atoms with Gasteiger partial charge in [-0.15, -0.1) is 0 Å². The second-order valence-corrected chi connectivity index (χ2v) is 12.7. The highest BCUT2D eigenvalue weighted by molar-refractivity contribution is 8.14. The average molecular weight is 501 g/mol. The maximum atomic E-state index is 13.1. The predicted molar refractivity (Wildman–Crippen MR) is 153 cm³/mol. The molecule has 1 aliphatic rings. The molecule has 1 saturated heterocycles. The van der Waals surface area contributed by atoms with E-state index < -0.39 is 0 Å². The van der Waals surface area contributed by atoms with E-state index in [-0.39, 0.29) is 28.0 Å². The Morgan fingerprint density at radius 2 is 1.36 bits per heavy atom. The number of nitrogens with zero attached hydrogens (tertiary/aromatic N) is 1. The molecule has 1 aliphatic heterocycles. The largest absolute Gasteiger partial charge is 0.287 e. The third-order valence-electron chi connectivity index (χ3n) is 6.78. The van der Waals surface area contributed by atoms with Crippen molar-refractivity contribution >= 4 is 16.9 Å². The van der Waals surface area contributed by atoms with E-state index in [1.807, 2.05) is 0 Å². The van der Waals surface area contributed by atoms with Crippen molar-refractivity contribution in [1.29, 1.82) is 0 Å². The van der Waals surface area contributed by atoms with E-state index in [0.29, 0.717) is 6.42 Å². The van der Waals surface area contributed by atoms with Crippen molar-refractivity contribution in [3.63, 3.8) is 0 Å². The minimum atomic E-state index is -0.0780. The number of rotatable bonds is 9. The van der Waals surface area contributed by atoms with Crippen LogP contribution in [-0.2, 0) is 11.2 Å². The number of piperidine rings is 1. The van der Waals surface area contributed by atoms with Crippen molar-refractivity contribution in [2.24, 2.45) is 0 Å². The Labute approximate surface area is 221 Å². The molecule has 0 amide bonds. The normalized spacial score (nSPS) is 19.6. The number of benzene rings is 3. The van der Waals surface area contributed by atoms with Gasteiger partial charge < -0.3 is 0 Å². The predicted octanol–water partition coefficient (Wildman–Crippen LogP) is 7.91. The molecule has 190 valence electrons. The first-order chi connectivity index (χ1) is 17.4. The first kappa shape index (κ1) is 26.7. The Kier molecular flexibility index (Phi) is 9.41. The summed E-state index contributed by atoms with van der Waals surface area (Å²) in [6.45, 7) is 6.34. The summed E-state index contributed by atoms with van der Waals surface area (Å²) in [5.41, 5.74) is 7.93. The summed E-state index contributed by atoms with van der Waals surface area (Å²) in [5.74, 6) is 0. The molecule has 0 spiro atoms. The highest BCUT2D eigenvalue weighted by Gasteiger charge is 2.34. The van der Waals surface area contributed by atoms with E-state index in [1.165, 1.54) is 34.9 Å². The van der Waals surface area contributed by atoms with Crippen LogP contribution in [0.15, 0.2) is 91.0 Å². The molecule has 1 N–H and O–H groups in total. The monoisotopic (exact) mass is 500 g/mol. The molecule has 36 heavy (non-hydrogen) atoms. The van der Waals surface area contributed by atoms with Gasteiger partial charge in [-0.1, -0.05) is 124 Å². The van der Waals surface area contributed by atoms with Gasteiger partial charge >= 0.3 is 0 Å². The van der Waals surface area contributed by atoms with E-state index in [4.69, 9.17) is 0 Å². The van der Waals surface area contributed by atoms with Gasteiger partial charge in [0.1, 0.15) is 0 Å². The lowest BCUT2D eigenvalue weighted by atomic mass is 9.89. The first-order valence-corrected chi connectivity index (χ1v) is 14.1. The summed E-state index contributed by atoms with van der Waals surface area (Å²) in [6.07, 6.45) is 5.79. The molecular formula is C32H40N2OS. The molecule has 0 saturated carbocycles. The molecule has 3 nitrogen and oxygen atoms in total. The highest BCUT2D eigenvalue weighted by atomic mass is 32.2. The van der Waals surface area contributed by atoms with Crippen molar-refractivity contribution in [2.45, 2.75) is 82.2 Å². The zero-order valence-corrected chi connectivity index (χ0v) is 22.7. The molecule has 0 aliphatic carbocycles. The maximum Gasteiger partial charge on any atom is 0.191 e. The Morgan fingerprint density at radius 1 is 0.861 bits per heavy atom. The van der Waals surface area contributed by atoms with Crippen LogP contribution in [0.5, 0.6) is 0 Å². The van der Waals surface area contributed by atoms with E-state index in [1.54, 1.807) is 0 Å². The lowest BCUT2D eigenvalue weighted by molar-refractivity contribution is -0.112. The summed E-state index contributed by atoms with van der Waals surface area (Å²) in [7, 11) is 0. The Morgan fingerprint density at radius 3 is 1.86 bits per heavy atom. The van der Waals surface area contributed by atoms with Crippen molar-refractivity contribution in [2.75, 3.05) is 0 Å². The second-order valence-electron chi connectivity index (χ2n) is 10.8. The summed E-state index contributed by atoms with van der Waals surface area (Å²) in [5, 5.41) is 2.75. The van der Waals surface area contributed by atoms with Crippen molar-refractivity contribution in [3.8, 4) is 0 Å². The van der Waals surface area contributed by atoms with Crippen molar-refractivity contribution in [3.05, 3.63) is 108 Å². The third kappa shape index (κ3) is 7.80. The van der Waals surface area contributed by atoms with Gasteiger partial charge in [0.25, 0.3) is 0 Å². The molecule has 1 heterocycles. The summed E-state index contributed by atoms with van der Waals surface area (Å²) in [4.78, 5) is 13.1. The van der Waals surface area contributed by atoms with Crippen LogP contribution in [0.3, 0.4) is 0 Å². The SMILES string of the molecule is CC(C)(C)SC(=O)C[C@H](CCc1ccccc1)NN1[C@H](c2ccccc2)CCC[C@H]1c1ccccc1. The number of hydrogen-bond donors (Lipinski definition) is 1. The number of thioether (sulfide) groups is 1. The van der Waals surface area contributed by atoms with E-state index >= 15 is 0 Å². The number of carbonyl (C=O) groups excluding carboxylic acids is 1. The number of carbonyl (C=O) groups is 1. The van der Waals surface area contributed by atoms with Crippen molar-refractivity contribution < 1.29 is 4.79 Å². The maximum absolute atomic E-state index is 13.1. The number of aryl methyl sites for hydroxylation is 1. The molecule has 3 aromatic rings. The standard InChI is InChI=1S/C32H40N2OS/c1-32(2,3)36-31(35)24-28(23-22-25-14-7-4-8-15-25)33-34-29(26-16-9-5-10-17-26)20-13-21-30(34)27-18-11-6-12-19-27/h4-12,14-19,28-30,33H,13,20-24H2,1-3H3/t28-,29-,30-/m0/s1. The molecule has 0 aromatic heterocycles. The summed E-state index contributed by atoms with van der Waals surface area (Å²) in [6, 6.07) is 32.9. The van der Waals surface area contributed by atoms with Gasteiger partial charge in [-0.3, -0.25) is 10.2 Å². The molecule has 4 rings (SSSR count). The molecule has 3 aromatic carbocycles. The molecule has 0 radical (unpaired) electrons. The van der Waals surface area contributed by atoms with Crippen LogP contribution in [0.25, 0.3) is 0 Å². The Balaban J connectivity index is 1.61. The van der Waals surface area contributed by atoms with Crippen LogP contribution in [0.2, 0.25) is 0 Å². The van der Waals surface area contributed by atoms with Crippen LogP contribution in [0.1, 0.15) is 81.6 Å². The molecule has 0 bridgehead atoms. The molecule has 4 heteroatoms. The minimum Gasteiger partial charge on any atom is -0.287 e. The van der Waals surface area contributed by atoms with E-state index in [0.717, 1.165) is 25.7 Å². The smallest absolute Gasteiger partial charge is 0.191 e.